The van der Waals surface area contributed by atoms with Gasteiger partial charge in [-0.2, -0.15) is 0 Å². The summed E-state index contributed by atoms with van der Waals surface area (Å²) in [5.74, 6) is -0.624. The zero-order valence-corrected chi connectivity index (χ0v) is 14.9. The molecule has 3 aromatic carbocycles. The highest BCUT2D eigenvalue weighted by Crippen LogP contribution is 2.20. The maximum Gasteiger partial charge on any atom is 0.257 e. The average molecular weight is 365 g/mol. The third kappa shape index (κ3) is 4.29. The molecule has 0 aliphatic heterocycles. The third-order valence-electron chi connectivity index (χ3n) is 3.78. The van der Waals surface area contributed by atoms with Crippen LogP contribution in [0.25, 0.3) is 0 Å². The predicted octanol–water partition coefficient (Wildman–Crippen LogP) is 5.15. The molecule has 0 heterocycles. The average Bonchev–Trinajstić information content (AvgIpc) is 2.62. The lowest BCUT2D eigenvalue weighted by molar-refractivity contribution is 0.102. The zero-order chi connectivity index (χ0) is 18.5. The van der Waals surface area contributed by atoms with Crippen LogP contribution in [0.5, 0.6) is 0 Å². The van der Waals surface area contributed by atoms with E-state index in [-0.39, 0.29) is 11.8 Å². The van der Waals surface area contributed by atoms with Crippen molar-refractivity contribution in [2.75, 3.05) is 10.6 Å². The maximum absolute atomic E-state index is 12.6. The number of hydrogen-bond donors (Lipinski definition) is 2. The lowest BCUT2D eigenvalue weighted by atomic mass is 10.1. The number of nitrogens with one attached hydrogen (secondary N) is 2. The van der Waals surface area contributed by atoms with Crippen molar-refractivity contribution in [3.8, 4) is 0 Å². The quantitative estimate of drug-likeness (QED) is 0.672. The number of amides is 2. The first-order valence-electron chi connectivity index (χ1n) is 8.07. The minimum Gasteiger partial charge on any atom is -0.322 e. The topological polar surface area (TPSA) is 58.2 Å². The number of rotatable bonds is 4. The Hall–Kier alpha value is -3.11. The Morgan fingerprint density at radius 1 is 0.808 bits per heavy atom. The molecule has 0 unspecified atom stereocenters. The molecule has 3 rings (SSSR count). The van der Waals surface area contributed by atoms with E-state index < -0.39 is 0 Å². The predicted molar refractivity (Wildman–Crippen MR) is 105 cm³/mol. The van der Waals surface area contributed by atoms with Crippen LogP contribution in [0.2, 0.25) is 5.02 Å². The Kier molecular flexibility index (Phi) is 5.34. The fourth-order valence-electron chi connectivity index (χ4n) is 2.54. The second-order valence-electron chi connectivity index (χ2n) is 5.83. The number of benzene rings is 3. The lowest BCUT2D eigenvalue weighted by Gasteiger charge is -2.12. The first-order valence-corrected chi connectivity index (χ1v) is 8.45. The van der Waals surface area contributed by atoms with Gasteiger partial charge in [-0.3, -0.25) is 9.59 Å². The maximum atomic E-state index is 12.6. The minimum atomic E-state index is -0.330. The Balaban J connectivity index is 1.81. The standard InChI is InChI=1S/C21H17ClN2O2/c1-14-6-4-9-17(12-14)23-21(26)18-10-2-3-11-19(18)24-20(25)15-7-5-8-16(22)13-15/h2-13H,1H3,(H,23,26)(H,24,25). The minimum absolute atomic E-state index is 0.294. The Morgan fingerprint density at radius 2 is 1.58 bits per heavy atom. The molecular formula is C21H17ClN2O2. The van der Waals surface area contributed by atoms with E-state index in [1.807, 2.05) is 31.2 Å². The Morgan fingerprint density at radius 3 is 2.35 bits per heavy atom. The van der Waals surface area contributed by atoms with Crippen LogP contribution in [0.1, 0.15) is 26.3 Å². The van der Waals surface area contributed by atoms with Crippen LogP contribution in [0.3, 0.4) is 0 Å². The normalized spacial score (nSPS) is 10.2. The van der Waals surface area contributed by atoms with Crippen molar-refractivity contribution in [3.05, 3.63) is 94.5 Å². The fraction of sp³-hybridized carbons (Fsp3) is 0.0476. The molecule has 5 heteroatoms. The number of halogens is 1. The van der Waals surface area contributed by atoms with Gasteiger partial charge in [0, 0.05) is 16.3 Å². The molecule has 26 heavy (non-hydrogen) atoms. The Bertz CT molecular complexity index is 969. The van der Waals surface area contributed by atoms with Gasteiger partial charge in [-0.15, -0.1) is 0 Å². The van der Waals surface area contributed by atoms with Crippen molar-refractivity contribution in [1.82, 2.24) is 0 Å². The highest BCUT2D eigenvalue weighted by Gasteiger charge is 2.14. The van der Waals surface area contributed by atoms with E-state index in [1.165, 1.54) is 0 Å². The summed E-state index contributed by atoms with van der Waals surface area (Å²) in [4.78, 5) is 25.1. The van der Waals surface area contributed by atoms with E-state index in [0.717, 1.165) is 5.56 Å². The van der Waals surface area contributed by atoms with Gasteiger partial charge in [-0.1, -0.05) is 41.9 Å². The van der Waals surface area contributed by atoms with Crippen molar-refractivity contribution < 1.29 is 9.59 Å². The van der Waals surface area contributed by atoms with Gasteiger partial charge in [-0.05, 0) is 55.0 Å². The fourth-order valence-corrected chi connectivity index (χ4v) is 2.73. The number of para-hydroxylation sites is 1. The monoisotopic (exact) mass is 364 g/mol. The number of carbonyl (C=O) groups excluding carboxylic acids is 2. The molecule has 0 radical (unpaired) electrons. The second kappa shape index (κ2) is 7.85. The summed E-state index contributed by atoms with van der Waals surface area (Å²) in [6, 6.07) is 21.0. The summed E-state index contributed by atoms with van der Waals surface area (Å²) in [5.41, 5.74) is 2.98. The van der Waals surface area contributed by atoms with Gasteiger partial charge < -0.3 is 10.6 Å². The van der Waals surface area contributed by atoms with E-state index in [2.05, 4.69) is 10.6 Å². The summed E-state index contributed by atoms with van der Waals surface area (Å²) in [5, 5.41) is 6.10. The van der Waals surface area contributed by atoms with Crippen LogP contribution in [0.15, 0.2) is 72.8 Å². The number of hydrogen-bond acceptors (Lipinski definition) is 2. The molecular weight excluding hydrogens is 348 g/mol. The molecule has 2 N–H and O–H groups in total. The zero-order valence-electron chi connectivity index (χ0n) is 14.1. The number of carbonyl (C=O) groups is 2. The first-order chi connectivity index (χ1) is 12.5. The molecule has 0 saturated heterocycles. The molecule has 130 valence electrons. The van der Waals surface area contributed by atoms with Crippen LogP contribution in [-0.2, 0) is 0 Å². The third-order valence-corrected chi connectivity index (χ3v) is 4.02. The summed E-state index contributed by atoms with van der Waals surface area (Å²) in [6.07, 6.45) is 0. The van der Waals surface area contributed by atoms with Gasteiger partial charge >= 0.3 is 0 Å². The number of aryl methyl sites for hydroxylation is 1. The molecule has 2 amide bonds. The van der Waals surface area contributed by atoms with Crippen molar-refractivity contribution in [3.63, 3.8) is 0 Å². The van der Waals surface area contributed by atoms with Gasteiger partial charge in [0.05, 0.1) is 11.3 Å². The van der Waals surface area contributed by atoms with Crippen LogP contribution in [0.4, 0.5) is 11.4 Å². The van der Waals surface area contributed by atoms with E-state index >= 15 is 0 Å². The van der Waals surface area contributed by atoms with E-state index in [0.29, 0.717) is 27.5 Å². The van der Waals surface area contributed by atoms with E-state index in [4.69, 9.17) is 11.6 Å². The molecule has 3 aromatic rings. The Labute approximate surface area is 156 Å². The van der Waals surface area contributed by atoms with Gasteiger partial charge in [0.1, 0.15) is 0 Å². The summed E-state index contributed by atoms with van der Waals surface area (Å²) in [6.45, 7) is 1.95. The van der Waals surface area contributed by atoms with Crippen LogP contribution < -0.4 is 10.6 Å². The van der Waals surface area contributed by atoms with Gasteiger partial charge in [0.25, 0.3) is 11.8 Å². The summed E-state index contributed by atoms with van der Waals surface area (Å²) >= 11 is 5.93. The summed E-state index contributed by atoms with van der Waals surface area (Å²) in [7, 11) is 0. The first kappa shape index (κ1) is 17.7. The van der Waals surface area contributed by atoms with Crippen LogP contribution in [0, 0.1) is 6.92 Å². The SMILES string of the molecule is Cc1cccc(NC(=O)c2ccccc2NC(=O)c2cccc(Cl)c2)c1. The van der Waals surface area contributed by atoms with Gasteiger partial charge in [0.15, 0.2) is 0 Å². The van der Waals surface area contributed by atoms with Gasteiger partial charge in [0.2, 0.25) is 0 Å². The smallest absolute Gasteiger partial charge is 0.257 e. The van der Waals surface area contributed by atoms with Gasteiger partial charge in [-0.25, -0.2) is 0 Å². The van der Waals surface area contributed by atoms with Crippen molar-refractivity contribution in [1.29, 1.82) is 0 Å². The highest BCUT2D eigenvalue weighted by molar-refractivity contribution is 6.31. The molecule has 0 saturated carbocycles. The van der Waals surface area contributed by atoms with Crippen molar-refractivity contribution in [2.45, 2.75) is 6.92 Å². The van der Waals surface area contributed by atoms with E-state index in [9.17, 15) is 9.59 Å². The van der Waals surface area contributed by atoms with Crippen molar-refractivity contribution in [2.24, 2.45) is 0 Å². The lowest BCUT2D eigenvalue weighted by Crippen LogP contribution is -2.18. The van der Waals surface area contributed by atoms with Crippen molar-refractivity contribution >= 4 is 34.8 Å². The summed E-state index contributed by atoms with van der Waals surface area (Å²) < 4.78 is 0. The molecule has 4 nitrogen and oxygen atoms in total. The molecule has 0 aliphatic carbocycles. The van der Waals surface area contributed by atoms with Crippen LogP contribution in [-0.4, -0.2) is 11.8 Å². The molecule has 0 atom stereocenters. The molecule has 0 bridgehead atoms. The molecule has 0 aromatic heterocycles. The van der Waals surface area contributed by atoms with E-state index in [1.54, 1.807) is 48.5 Å². The highest BCUT2D eigenvalue weighted by atomic mass is 35.5. The van der Waals surface area contributed by atoms with Crippen LogP contribution >= 0.6 is 11.6 Å². The molecule has 0 spiro atoms. The largest absolute Gasteiger partial charge is 0.322 e. The molecule has 0 fully saturated rings. The second-order valence-corrected chi connectivity index (χ2v) is 6.27. The number of anilines is 2. The molecule has 0 aliphatic rings.